The van der Waals surface area contributed by atoms with Crippen LogP contribution in [0.4, 0.5) is 0 Å². The highest BCUT2D eigenvalue weighted by Crippen LogP contribution is 2.50. The van der Waals surface area contributed by atoms with Crippen molar-refractivity contribution in [2.24, 2.45) is 23.2 Å². The van der Waals surface area contributed by atoms with E-state index in [1.807, 2.05) is 0 Å². The van der Waals surface area contributed by atoms with Gasteiger partial charge in [0.2, 0.25) is 0 Å². The van der Waals surface area contributed by atoms with Gasteiger partial charge in [0.05, 0.1) is 0 Å². The number of nitrogens with zero attached hydrogens (tertiary/aromatic N) is 2. The second-order valence-corrected chi connectivity index (χ2v) is 5.51. The molecule has 9 nitrogen and oxygen atoms in total. The van der Waals surface area contributed by atoms with Crippen molar-refractivity contribution in [1.82, 2.24) is 0 Å². The molecule has 0 N–H and O–H groups in total. The van der Waals surface area contributed by atoms with Crippen molar-refractivity contribution in [3.05, 3.63) is 20.2 Å². The first-order valence-electron chi connectivity index (χ1n) is 5.73. The van der Waals surface area contributed by atoms with Gasteiger partial charge < -0.3 is 9.68 Å². The molecule has 1 rings (SSSR count). The fourth-order valence-electron chi connectivity index (χ4n) is 2.08. The molecule has 19 heavy (non-hydrogen) atoms. The van der Waals surface area contributed by atoms with Gasteiger partial charge in [-0.1, -0.05) is 20.8 Å². The predicted octanol–water partition coefficient (Wildman–Crippen LogP) is 0.880. The maximum absolute atomic E-state index is 12.1. The van der Waals surface area contributed by atoms with Gasteiger partial charge in [0.25, 0.3) is 10.2 Å². The molecule has 0 aromatic carbocycles. The second kappa shape index (κ2) is 5.37. The van der Waals surface area contributed by atoms with Gasteiger partial charge in [0, 0.05) is 11.3 Å². The van der Waals surface area contributed by atoms with Crippen LogP contribution in [-0.2, 0) is 14.5 Å². The van der Waals surface area contributed by atoms with Gasteiger partial charge in [-0.25, -0.2) is 0 Å². The van der Waals surface area contributed by atoms with Crippen LogP contribution in [0.15, 0.2) is 0 Å². The van der Waals surface area contributed by atoms with E-state index in [2.05, 4.69) is 9.68 Å². The molecule has 108 valence electrons. The summed E-state index contributed by atoms with van der Waals surface area (Å²) in [5, 5.41) is 18.4. The lowest BCUT2D eigenvalue weighted by molar-refractivity contribution is -0.761. The molecule has 0 aromatic rings. The van der Waals surface area contributed by atoms with Crippen LogP contribution in [-0.4, -0.2) is 29.2 Å². The molecular weight excluding hydrogens is 260 g/mol. The van der Waals surface area contributed by atoms with Gasteiger partial charge in [-0.15, -0.1) is 20.2 Å². The molecule has 0 unspecified atom stereocenters. The molecule has 1 saturated carbocycles. The highest BCUT2D eigenvalue weighted by molar-refractivity contribution is 5.89. The number of rotatable bonds is 7. The zero-order valence-electron chi connectivity index (χ0n) is 10.9. The van der Waals surface area contributed by atoms with Crippen LogP contribution < -0.4 is 0 Å². The predicted molar refractivity (Wildman–Crippen MR) is 60.8 cm³/mol. The van der Waals surface area contributed by atoms with E-state index in [0.717, 1.165) is 0 Å². The Hall–Kier alpha value is -1.93. The minimum Gasteiger partial charge on any atom is -0.314 e. The Morgan fingerprint density at radius 3 is 1.68 bits per heavy atom. The van der Waals surface area contributed by atoms with Gasteiger partial charge in [0.1, 0.15) is 19.0 Å². The number of carbonyl (C=O) groups excluding carboxylic acids is 1. The Balaban J connectivity index is 2.62. The molecule has 9 heteroatoms. The summed E-state index contributed by atoms with van der Waals surface area (Å²) in [6.07, 6.45) is 0. The fourth-order valence-corrected chi connectivity index (χ4v) is 2.08. The Labute approximate surface area is 109 Å². The van der Waals surface area contributed by atoms with E-state index in [1.54, 1.807) is 20.8 Å². The van der Waals surface area contributed by atoms with E-state index in [9.17, 15) is 25.0 Å². The first kappa shape index (κ1) is 15.1. The summed E-state index contributed by atoms with van der Waals surface area (Å²) >= 11 is 0. The number of ketones is 1. The third kappa shape index (κ3) is 4.04. The monoisotopic (exact) mass is 276 g/mol. The molecule has 0 amide bonds. The Morgan fingerprint density at radius 2 is 1.42 bits per heavy atom. The van der Waals surface area contributed by atoms with E-state index in [4.69, 9.17) is 0 Å². The number of hydrogen-bond donors (Lipinski definition) is 0. The molecule has 0 radical (unpaired) electrons. The smallest absolute Gasteiger partial charge is 0.294 e. The molecule has 1 aliphatic carbocycles. The summed E-state index contributed by atoms with van der Waals surface area (Å²) < 4.78 is 0. The summed E-state index contributed by atoms with van der Waals surface area (Å²) in [4.78, 5) is 40.8. The van der Waals surface area contributed by atoms with Crippen molar-refractivity contribution in [2.45, 2.75) is 20.8 Å². The van der Waals surface area contributed by atoms with Crippen molar-refractivity contribution >= 4 is 5.78 Å². The number of Topliss-reactive ketones (excluding diaryl/α,β-unsaturated/α-hetero) is 1. The zero-order valence-corrected chi connectivity index (χ0v) is 10.9. The Morgan fingerprint density at radius 1 is 1.05 bits per heavy atom. The lowest BCUT2D eigenvalue weighted by Crippen LogP contribution is -2.24. The normalized spacial score (nSPS) is 25.5. The highest BCUT2D eigenvalue weighted by Gasteiger charge is 2.57. The molecule has 0 spiro atoms. The summed E-state index contributed by atoms with van der Waals surface area (Å²) in [6, 6.07) is 0. The van der Waals surface area contributed by atoms with Crippen LogP contribution in [0.2, 0.25) is 0 Å². The van der Waals surface area contributed by atoms with Crippen molar-refractivity contribution in [2.75, 3.05) is 13.2 Å². The molecule has 0 aromatic heterocycles. The van der Waals surface area contributed by atoms with Crippen LogP contribution in [0.5, 0.6) is 0 Å². The topological polar surface area (TPSA) is 122 Å². The van der Waals surface area contributed by atoms with Gasteiger partial charge in [0.15, 0.2) is 0 Å². The third-order valence-electron chi connectivity index (χ3n) is 3.12. The van der Waals surface area contributed by atoms with E-state index in [0.29, 0.717) is 0 Å². The SMILES string of the molecule is CC(C)(C)C(=O)[C@H]1[C@H](CO[N+](=O)[O-])[C@@H]1CO[N+](=O)[O-]. The Bertz CT molecular complexity index is 366. The van der Waals surface area contributed by atoms with E-state index in [-0.39, 0.29) is 19.0 Å². The van der Waals surface area contributed by atoms with Crippen molar-refractivity contribution in [3.8, 4) is 0 Å². The van der Waals surface area contributed by atoms with E-state index >= 15 is 0 Å². The third-order valence-corrected chi connectivity index (χ3v) is 3.12. The van der Waals surface area contributed by atoms with Crippen molar-refractivity contribution in [1.29, 1.82) is 0 Å². The summed E-state index contributed by atoms with van der Waals surface area (Å²) in [5.41, 5.74) is -0.610. The molecular formula is C10H16N2O7. The molecule has 0 aliphatic heterocycles. The first-order chi connectivity index (χ1) is 8.64. The van der Waals surface area contributed by atoms with Crippen LogP contribution in [0, 0.1) is 43.4 Å². The molecule has 1 aliphatic rings. The molecule has 3 atom stereocenters. The standard InChI is InChI=1S/C10H16N2O7/c1-10(2,3)9(13)8-6(4-18-11(14)15)7(8)5-19-12(16)17/h6-8H,4-5H2,1-3H3/t6-,7+,8+. The van der Waals surface area contributed by atoms with Crippen molar-refractivity contribution < 1.29 is 24.6 Å². The van der Waals surface area contributed by atoms with Crippen LogP contribution in [0.25, 0.3) is 0 Å². The molecule has 0 heterocycles. The lowest BCUT2D eigenvalue weighted by Gasteiger charge is -2.16. The average molecular weight is 276 g/mol. The summed E-state index contributed by atoms with van der Waals surface area (Å²) in [6.45, 7) is 4.69. The van der Waals surface area contributed by atoms with Gasteiger partial charge in [-0.05, 0) is 11.8 Å². The van der Waals surface area contributed by atoms with E-state index in [1.165, 1.54) is 0 Å². The highest BCUT2D eigenvalue weighted by atomic mass is 17.0. The average Bonchev–Trinajstić information content (AvgIpc) is 2.94. The molecule has 1 fully saturated rings. The maximum atomic E-state index is 12.1. The minimum atomic E-state index is -0.942. The van der Waals surface area contributed by atoms with E-state index < -0.39 is 33.3 Å². The maximum Gasteiger partial charge on any atom is 0.294 e. The summed E-state index contributed by atoms with van der Waals surface area (Å²) in [7, 11) is 0. The largest absolute Gasteiger partial charge is 0.314 e. The van der Waals surface area contributed by atoms with Gasteiger partial charge >= 0.3 is 0 Å². The minimum absolute atomic E-state index is 0.0959. The van der Waals surface area contributed by atoms with Crippen molar-refractivity contribution in [3.63, 3.8) is 0 Å². The van der Waals surface area contributed by atoms with Crippen LogP contribution in [0.3, 0.4) is 0 Å². The number of carbonyl (C=O) groups is 1. The number of hydrogen-bond acceptors (Lipinski definition) is 7. The first-order valence-corrected chi connectivity index (χ1v) is 5.73. The van der Waals surface area contributed by atoms with Gasteiger partial charge in [-0.2, -0.15) is 0 Å². The van der Waals surface area contributed by atoms with Crippen LogP contribution >= 0.6 is 0 Å². The summed E-state index contributed by atoms with van der Waals surface area (Å²) in [5.74, 6) is -1.39. The zero-order chi connectivity index (χ0) is 14.8. The van der Waals surface area contributed by atoms with Gasteiger partial charge in [-0.3, -0.25) is 4.79 Å². The quantitative estimate of drug-likeness (QED) is 0.499. The fraction of sp³-hybridized carbons (Fsp3) is 0.900. The molecule has 0 bridgehead atoms. The molecule has 0 saturated heterocycles. The lowest BCUT2D eigenvalue weighted by atomic mass is 9.87. The Kier molecular flexibility index (Phi) is 4.28. The second-order valence-electron chi connectivity index (χ2n) is 5.51. The van der Waals surface area contributed by atoms with Crippen LogP contribution in [0.1, 0.15) is 20.8 Å².